The third-order valence-corrected chi connectivity index (χ3v) is 3.22. The van der Waals surface area contributed by atoms with E-state index in [2.05, 4.69) is 26.1 Å². The summed E-state index contributed by atoms with van der Waals surface area (Å²) in [7, 11) is 5.68. The second kappa shape index (κ2) is 12.8. The number of nitrogens with zero attached hydrogens (tertiary/aromatic N) is 2. The fourth-order valence-electron chi connectivity index (χ4n) is 1.66. The van der Waals surface area contributed by atoms with E-state index < -0.39 is 0 Å². The van der Waals surface area contributed by atoms with Gasteiger partial charge in [0.15, 0.2) is 18.1 Å². The molecule has 1 N–H and O–H groups in total. The molecule has 0 fully saturated rings. The highest BCUT2D eigenvalue weighted by molar-refractivity contribution is 9.10. The van der Waals surface area contributed by atoms with Crippen LogP contribution in [0.25, 0.3) is 0 Å². The molecule has 1 aromatic rings. The first-order valence-corrected chi connectivity index (χ1v) is 7.09. The van der Waals surface area contributed by atoms with Crippen molar-refractivity contribution in [1.82, 2.24) is 10.2 Å². The van der Waals surface area contributed by atoms with Crippen molar-refractivity contribution in [2.45, 2.75) is 6.54 Å². The Morgan fingerprint density at radius 2 is 2.00 bits per heavy atom. The molecule has 126 valence electrons. The molecule has 0 radical (unpaired) electrons. The van der Waals surface area contributed by atoms with Crippen molar-refractivity contribution in [3.05, 3.63) is 22.2 Å². The van der Waals surface area contributed by atoms with Gasteiger partial charge >= 0.3 is 0 Å². The fourth-order valence-corrected chi connectivity index (χ4v) is 2.26. The van der Waals surface area contributed by atoms with Gasteiger partial charge in [0, 0.05) is 19.6 Å². The summed E-state index contributed by atoms with van der Waals surface area (Å²) in [5.74, 6) is 1.19. The molecule has 0 heterocycles. The van der Waals surface area contributed by atoms with Crippen molar-refractivity contribution in [2.24, 2.45) is 0 Å². The number of benzene rings is 1. The van der Waals surface area contributed by atoms with Gasteiger partial charge in [0.2, 0.25) is 0 Å². The van der Waals surface area contributed by atoms with Crippen molar-refractivity contribution in [2.75, 3.05) is 40.9 Å². The van der Waals surface area contributed by atoms with Gasteiger partial charge in [-0.3, -0.25) is 0 Å². The Balaban J connectivity index is 0. The minimum Gasteiger partial charge on any atom is -1.00 e. The monoisotopic (exact) mass is 411 g/mol. The van der Waals surface area contributed by atoms with Crippen LogP contribution < -0.4 is 39.6 Å². The van der Waals surface area contributed by atoms with Gasteiger partial charge in [-0.05, 0) is 47.7 Å². The quantitative estimate of drug-likeness (QED) is 0.441. The molecule has 5 nitrogen and oxygen atoms in total. The molecule has 0 spiro atoms. The molecular weight excluding hydrogens is 393 g/mol. The smallest absolute Gasteiger partial charge is 0.176 e. The highest BCUT2D eigenvalue weighted by Crippen LogP contribution is 2.36. The van der Waals surface area contributed by atoms with E-state index in [1.165, 1.54) is 0 Å². The van der Waals surface area contributed by atoms with Crippen molar-refractivity contribution in [1.29, 1.82) is 5.26 Å². The third kappa shape index (κ3) is 8.06. The van der Waals surface area contributed by atoms with Gasteiger partial charge in [-0.25, -0.2) is 0 Å². The van der Waals surface area contributed by atoms with Gasteiger partial charge in [0.1, 0.15) is 6.07 Å². The zero-order valence-corrected chi connectivity index (χ0v) is 15.9. The summed E-state index contributed by atoms with van der Waals surface area (Å²) >= 11 is 3.45. The van der Waals surface area contributed by atoms with Crippen LogP contribution in [0.1, 0.15) is 5.56 Å². The van der Waals surface area contributed by atoms with Crippen molar-refractivity contribution < 1.29 is 34.3 Å². The van der Waals surface area contributed by atoms with Crippen LogP contribution in [0.2, 0.25) is 0 Å². The molecule has 1 aromatic carbocycles. The average Bonchev–Trinajstić information content (AvgIpc) is 2.41. The van der Waals surface area contributed by atoms with E-state index in [1.54, 1.807) is 7.11 Å². The number of methoxy groups -OCH3 is 1. The molecule has 1 rings (SSSR count). The number of nitrogens with one attached hydrogen (secondary N) is 1. The van der Waals surface area contributed by atoms with Gasteiger partial charge in [0.05, 0.1) is 11.6 Å². The van der Waals surface area contributed by atoms with Crippen LogP contribution in [0.3, 0.4) is 0 Å². The molecule has 0 saturated heterocycles. The van der Waals surface area contributed by atoms with Gasteiger partial charge in [-0.2, -0.15) is 5.26 Å². The Kier molecular flexibility index (Phi) is 13.7. The predicted molar refractivity (Wildman–Crippen MR) is 82.1 cm³/mol. The number of nitriles is 1. The highest BCUT2D eigenvalue weighted by atomic mass is 79.9. The Bertz CT molecular complexity index is 482. The number of hydrogen-bond acceptors (Lipinski definition) is 5. The van der Waals surface area contributed by atoms with E-state index in [-0.39, 0.29) is 31.4 Å². The summed E-state index contributed by atoms with van der Waals surface area (Å²) in [5, 5.41) is 11.9. The summed E-state index contributed by atoms with van der Waals surface area (Å²) in [5.41, 5.74) is 1.09. The molecule has 0 atom stereocenters. The van der Waals surface area contributed by atoms with Crippen molar-refractivity contribution in [3.8, 4) is 17.6 Å². The van der Waals surface area contributed by atoms with Gasteiger partial charge in [-0.1, -0.05) is 0 Å². The number of rotatable bonds is 8. The minimum absolute atomic E-state index is 0. The van der Waals surface area contributed by atoms with Gasteiger partial charge in [0.25, 0.3) is 0 Å². The average molecular weight is 413 g/mol. The Hall–Kier alpha value is -0.710. The molecule has 0 saturated carbocycles. The normalized spacial score (nSPS) is 9.45. The van der Waals surface area contributed by atoms with Crippen LogP contribution >= 0.6 is 15.9 Å². The maximum Gasteiger partial charge on any atom is 0.176 e. The van der Waals surface area contributed by atoms with Gasteiger partial charge < -0.3 is 44.5 Å². The molecule has 0 aliphatic heterocycles. The van der Waals surface area contributed by atoms with Crippen molar-refractivity contribution in [3.63, 3.8) is 0 Å². The Morgan fingerprint density at radius 3 is 2.55 bits per heavy atom. The summed E-state index contributed by atoms with van der Waals surface area (Å²) < 4.78 is 11.5. The lowest BCUT2D eigenvalue weighted by Crippen LogP contribution is -3.00. The second-order valence-electron chi connectivity index (χ2n) is 4.54. The fraction of sp³-hybridized carbons (Fsp3) is 0.500. The van der Waals surface area contributed by atoms with Crippen molar-refractivity contribution >= 4 is 15.9 Å². The maximum atomic E-state index is 8.58. The molecule has 0 amide bonds. The van der Waals surface area contributed by atoms with Crippen LogP contribution in [-0.2, 0) is 6.54 Å². The maximum absolute atomic E-state index is 8.58. The van der Waals surface area contributed by atoms with E-state index in [9.17, 15) is 0 Å². The molecule has 0 aromatic heterocycles. The van der Waals surface area contributed by atoms with Crippen LogP contribution in [0.15, 0.2) is 16.6 Å². The number of likely N-dealkylation sites (N-methyl/N-ethyl adjacent to an activating group) is 1. The molecule has 0 unspecified atom stereocenters. The summed E-state index contributed by atoms with van der Waals surface area (Å²) in [4.78, 5) is 2.13. The van der Waals surface area contributed by atoms with Gasteiger partial charge in [-0.15, -0.1) is 0 Å². The highest BCUT2D eigenvalue weighted by Gasteiger charge is 2.11. The first kappa shape index (κ1) is 23.6. The van der Waals surface area contributed by atoms with Crippen LogP contribution in [0.4, 0.5) is 0 Å². The standard InChI is InChI=1S/C14H20BrN3O2.2ClH/c1-18(2)6-5-17-10-11-8-12(15)14(20-7-4-16)13(9-11)19-3;;/h8-9,17H,5-7,10H2,1-3H3;2*1H/p-2. The largest absolute Gasteiger partial charge is 1.00 e. The van der Waals surface area contributed by atoms with E-state index in [0.717, 1.165) is 29.7 Å². The topological polar surface area (TPSA) is 57.5 Å². The van der Waals surface area contributed by atoms with E-state index in [1.807, 2.05) is 32.3 Å². The van der Waals surface area contributed by atoms with Crippen LogP contribution in [0, 0.1) is 11.3 Å². The summed E-state index contributed by atoms with van der Waals surface area (Å²) in [6, 6.07) is 5.83. The lowest BCUT2D eigenvalue weighted by Gasteiger charge is -2.14. The zero-order valence-electron chi connectivity index (χ0n) is 12.8. The Morgan fingerprint density at radius 1 is 1.32 bits per heavy atom. The molecule has 0 bridgehead atoms. The zero-order chi connectivity index (χ0) is 15.0. The first-order chi connectivity index (χ1) is 9.58. The molecule has 22 heavy (non-hydrogen) atoms. The molecule has 0 aliphatic carbocycles. The van der Waals surface area contributed by atoms with Crippen LogP contribution in [-0.4, -0.2) is 45.8 Å². The van der Waals surface area contributed by atoms with E-state index in [4.69, 9.17) is 14.7 Å². The lowest BCUT2D eigenvalue weighted by molar-refractivity contribution is -0.001000. The lowest BCUT2D eigenvalue weighted by atomic mass is 10.2. The van der Waals surface area contributed by atoms with E-state index in [0.29, 0.717) is 11.5 Å². The van der Waals surface area contributed by atoms with Crippen LogP contribution in [0.5, 0.6) is 11.5 Å². The molecule has 0 aliphatic rings. The molecule has 8 heteroatoms. The number of halogens is 3. The van der Waals surface area contributed by atoms with E-state index >= 15 is 0 Å². The predicted octanol–water partition coefficient (Wildman–Crippen LogP) is -3.98. The summed E-state index contributed by atoms with van der Waals surface area (Å²) in [6.07, 6.45) is 0. The minimum atomic E-state index is -0.00457. The number of ether oxygens (including phenoxy) is 2. The Labute approximate surface area is 152 Å². The second-order valence-corrected chi connectivity index (χ2v) is 5.39. The summed E-state index contributed by atoms with van der Waals surface area (Å²) in [6.45, 7) is 2.65. The SMILES string of the molecule is COc1cc(CNCCN(C)C)cc(Br)c1OCC#N.[Cl-].[Cl-]. The first-order valence-electron chi connectivity index (χ1n) is 6.30. The number of hydrogen-bond donors (Lipinski definition) is 1. The molecular formula is C14H20BrCl2N3O2-2. The third-order valence-electron chi connectivity index (χ3n) is 2.64.